The largest absolute Gasteiger partial charge is 0.362 e. The van der Waals surface area contributed by atoms with E-state index in [-0.39, 0.29) is 0 Å². The van der Waals surface area contributed by atoms with Gasteiger partial charge in [-0.3, -0.25) is 4.99 Å². The molecule has 1 aliphatic heterocycles. The van der Waals surface area contributed by atoms with Crippen molar-refractivity contribution < 1.29 is 0 Å². The Hall–Kier alpha value is -0.180. The van der Waals surface area contributed by atoms with E-state index in [9.17, 15) is 0 Å². The number of nitrogens with zero attached hydrogens (tertiary/aromatic N) is 1. The maximum atomic E-state index is 4.90. The number of hydrogen-bond donors (Lipinski definition) is 1. The van der Waals surface area contributed by atoms with Crippen molar-refractivity contribution in [2.75, 3.05) is 12.3 Å². The Morgan fingerprint density at radius 1 is 1.33 bits per heavy atom. The van der Waals surface area contributed by atoms with E-state index in [0.717, 1.165) is 18.5 Å². The Bertz CT molecular complexity index is 322. The molecule has 2 saturated carbocycles. The lowest BCUT2D eigenvalue weighted by Gasteiger charge is -2.37. The summed E-state index contributed by atoms with van der Waals surface area (Å²) in [6.45, 7) is 3.38. The van der Waals surface area contributed by atoms with Crippen LogP contribution in [0.4, 0.5) is 0 Å². The second kappa shape index (κ2) is 5.44. The lowest BCUT2D eigenvalue weighted by atomic mass is 9.86. The highest BCUT2D eigenvalue weighted by atomic mass is 32.2. The highest BCUT2D eigenvalue weighted by Crippen LogP contribution is 2.50. The standard InChI is InChI=1S/C15H26N2S/c1-2-7-15(8-9-15)11-16-14-17-13-6-4-3-5-12(13)10-18-14/h12-13H,2-11H2,1H3,(H,16,17). The van der Waals surface area contributed by atoms with Gasteiger partial charge in [0.2, 0.25) is 0 Å². The zero-order valence-corrected chi connectivity index (χ0v) is 12.4. The van der Waals surface area contributed by atoms with Gasteiger partial charge in [-0.25, -0.2) is 0 Å². The molecule has 0 aromatic heterocycles. The summed E-state index contributed by atoms with van der Waals surface area (Å²) in [7, 11) is 0. The van der Waals surface area contributed by atoms with Crippen LogP contribution in [0.25, 0.3) is 0 Å². The number of thioether (sulfide) groups is 1. The van der Waals surface area contributed by atoms with Gasteiger partial charge in [-0.15, -0.1) is 0 Å². The summed E-state index contributed by atoms with van der Waals surface area (Å²) in [5.74, 6) is 2.21. The van der Waals surface area contributed by atoms with Crippen LogP contribution in [0.1, 0.15) is 58.3 Å². The van der Waals surface area contributed by atoms with Gasteiger partial charge >= 0.3 is 0 Å². The third-order valence-corrected chi connectivity index (χ3v) is 6.06. The monoisotopic (exact) mass is 266 g/mol. The predicted molar refractivity (Wildman–Crippen MR) is 80.2 cm³/mol. The van der Waals surface area contributed by atoms with Crippen LogP contribution in [0.3, 0.4) is 0 Å². The van der Waals surface area contributed by atoms with Crippen LogP contribution in [0.15, 0.2) is 4.99 Å². The molecule has 0 aromatic rings. The van der Waals surface area contributed by atoms with Crippen LogP contribution in [0.5, 0.6) is 0 Å². The molecule has 0 amide bonds. The molecule has 0 aromatic carbocycles. The minimum Gasteiger partial charge on any atom is -0.362 e. The average Bonchev–Trinajstić information content (AvgIpc) is 3.17. The summed E-state index contributed by atoms with van der Waals surface area (Å²) in [5.41, 5.74) is 0.605. The van der Waals surface area contributed by atoms with Crippen LogP contribution in [0.2, 0.25) is 0 Å². The van der Waals surface area contributed by atoms with Crippen LogP contribution < -0.4 is 5.32 Å². The zero-order valence-electron chi connectivity index (χ0n) is 11.6. The number of rotatable bonds is 4. The fourth-order valence-corrected chi connectivity index (χ4v) is 4.67. The first-order chi connectivity index (χ1) is 8.81. The van der Waals surface area contributed by atoms with E-state index >= 15 is 0 Å². The molecule has 2 atom stereocenters. The highest BCUT2D eigenvalue weighted by molar-refractivity contribution is 8.13. The van der Waals surface area contributed by atoms with Crippen LogP contribution in [-0.2, 0) is 0 Å². The molecule has 18 heavy (non-hydrogen) atoms. The molecule has 1 saturated heterocycles. The average molecular weight is 266 g/mol. The van der Waals surface area contributed by atoms with Crippen molar-refractivity contribution in [2.24, 2.45) is 16.3 Å². The quantitative estimate of drug-likeness (QED) is 0.836. The molecule has 102 valence electrons. The van der Waals surface area contributed by atoms with Gasteiger partial charge in [0, 0.05) is 18.3 Å². The van der Waals surface area contributed by atoms with Crippen molar-refractivity contribution in [1.29, 1.82) is 0 Å². The van der Waals surface area contributed by atoms with Gasteiger partial charge in [-0.05, 0) is 43.4 Å². The van der Waals surface area contributed by atoms with Crippen molar-refractivity contribution in [1.82, 2.24) is 5.32 Å². The maximum absolute atomic E-state index is 4.90. The van der Waals surface area contributed by atoms with Gasteiger partial charge in [-0.2, -0.15) is 0 Å². The molecule has 0 spiro atoms. The third kappa shape index (κ3) is 2.87. The third-order valence-electron chi connectivity index (χ3n) is 4.95. The van der Waals surface area contributed by atoms with E-state index in [1.807, 2.05) is 11.8 Å². The first-order valence-corrected chi connectivity index (χ1v) is 8.74. The summed E-state index contributed by atoms with van der Waals surface area (Å²) in [6, 6.07) is 0.736. The molecular formula is C15H26N2S. The second-order valence-corrected chi connectivity index (χ2v) is 7.49. The van der Waals surface area contributed by atoms with E-state index in [4.69, 9.17) is 4.99 Å². The number of aliphatic imine (C=N–C) groups is 1. The summed E-state index contributed by atoms with van der Waals surface area (Å²) >= 11 is 1.97. The Morgan fingerprint density at radius 3 is 2.94 bits per heavy atom. The molecule has 2 aliphatic carbocycles. The molecule has 3 aliphatic rings. The lowest BCUT2D eigenvalue weighted by Crippen LogP contribution is -2.46. The molecule has 0 radical (unpaired) electrons. The van der Waals surface area contributed by atoms with Crippen molar-refractivity contribution in [2.45, 2.75) is 64.3 Å². The smallest absolute Gasteiger partial charge is 0.156 e. The fourth-order valence-electron chi connectivity index (χ4n) is 3.51. The van der Waals surface area contributed by atoms with Crippen LogP contribution in [-0.4, -0.2) is 23.5 Å². The minimum absolute atomic E-state index is 0.605. The Labute approximate surface area is 115 Å². The van der Waals surface area contributed by atoms with E-state index in [1.165, 1.54) is 62.3 Å². The fraction of sp³-hybridized carbons (Fsp3) is 0.933. The zero-order chi connectivity index (χ0) is 12.4. The number of amidine groups is 1. The molecule has 3 fully saturated rings. The molecule has 3 rings (SSSR count). The molecule has 0 bridgehead atoms. The molecule has 3 heteroatoms. The van der Waals surface area contributed by atoms with Gasteiger partial charge < -0.3 is 5.32 Å². The van der Waals surface area contributed by atoms with E-state index < -0.39 is 0 Å². The van der Waals surface area contributed by atoms with Gasteiger partial charge in [0.15, 0.2) is 5.17 Å². The van der Waals surface area contributed by atoms with E-state index in [2.05, 4.69) is 12.2 Å². The minimum atomic E-state index is 0.605. The van der Waals surface area contributed by atoms with Gasteiger partial charge in [0.05, 0.1) is 0 Å². The number of fused-ring (bicyclic) bond motifs is 1. The highest BCUT2D eigenvalue weighted by Gasteiger charge is 2.41. The molecular weight excluding hydrogens is 240 g/mol. The molecule has 2 nitrogen and oxygen atoms in total. The maximum Gasteiger partial charge on any atom is 0.156 e. The second-order valence-electron chi connectivity index (χ2n) is 6.48. The van der Waals surface area contributed by atoms with E-state index in [0.29, 0.717) is 5.41 Å². The van der Waals surface area contributed by atoms with Gasteiger partial charge in [0.25, 0.3) is 0 Å². The van der Waals surface area contributed by atoms with Gasteiger partial charge in [0.1, 0.15) is 0 Å². The SMILES string of the molecule is CCCC1(CN=C2NC3CCCCC3CS2)CC1. The van der Waals surface area contributed by atoms with E-state index in [1.54, 1.807) is 0 Å². The summed E-state index contributed by atoms with van der Waals surface area (Å²) in [6.07, 6.45) is 11.2. The Morgan fingerprint density at radius 2 is 2.17 bits per heavy atom. The lowest BCUT2D eigenvalue weighted by molar-refractivity contribution is 0.310. The predicted octanol–water partition coefficient (Wildman–Crippen LogP) is 3.82. The number of nitrogens with one attached hydrogen (secondary N) is 1. The van der Waals surface area contributed by atoms with Crippen molar-refractivity contribution in [3.63, 3.8) is 0 Å². The van der Waals surface area contributed by atoms with Crippen LogP contribution >= 0.6 is 11.8 Å². The summed E-state index contributed by atoms with van der Waals surface area (Å²) in [5, 5.41) is 4.96. The molecule has 1 N–H and O–H groups in total. The summed E-state index contributed by atoms with van der Waals surface area (Å²) < 4.78 is 0. The first kappa shape index (κ1) is 12.8. The normalized spacial score (nSPS) is 35.9. The van der Waals surface area contributed by atoms with Crippen molar-refractivity contribution in [3.05, 3.63) is 0 Å². The van der Waals surface area contributed by atoms with Crippen molar-refractivity contribution >= 4 is 16.9 Å². The molecule has 2 unspecified atom stereocenters. The Kier molecular flexibility index (Phi) is 3.88. The van der Waals surface area contributed by atoms with Crippen molar-refractivity contribution in [3.8, 4) is 0 Å². The Balaban J connectivity index is 1.54. The first-order valence-electron chi connectivity index (χ1n) is 7.75. The summed E-state index contributed by atoms with van der Waals surface area (Å²) in [4.78, 5) is 4.90. The topological polar surface area (TPSA) is 24.4 Å². The molecule has 1 heterocycles. The number of hydrogen-bond acceptors (Lipinski definition) is 2. The van der Waals surface area contributed by atoms with Crippen LogP contribution in [0, 0.1) is 11.3 Å². The van der Waals surface area contributed by atoms with Gasteiger partial charge in [-0.1, -0.05) is 37.9 Å².